The third-order valence-electron chi connectivity index (χ3n) is 2.98. The first kappa shape index (κ1) is 12.1. The number of unbranched alkanes of at least 4 members (excludes halogenated alkanes) is 1. The van der Waals surface area contributed by atoms with E-state index in [1.54, 1.807) is 0 Å². The highest BCUT2D eigenvalue weighted by Crippen LogP contribution is 2.25. The van der Waals surface area contributed by atoms with E-state index >= 15 is 0 Å². The van der Waals surface area contributed by atoms with Gasteiger partial charge in [-0.3, -0.25) is 4.79 Å². The van der Waals surface area contributed by atoms with Gasteiger partial charge in [-0.05, 0) is 12.0 Å². The maximum Gasteiger partial charge on any atom is 0.318 e. The van der Waals surface area contributed by atoms with Gasteiger partial charge in [0.2, 0.25) is 6.29 Å². The molecule has 0 spiro atoms. The minimum Gasteiger partial charge on any atom is -0.435 e. The van der Waals surface area contributed by atoms with Crippen molar-refractivity contribution in [1.29, 1.82) is 0 Å². The van der Waals surface area contributed by atoms with Crippen LogP contribution in [0.15, 0.2) is 30.3 Å². The van der Waals surface area contributed by atoms with E-state index in [4.69, 9.17) is 9.47 Å². The first-order valence-corrected chi connectivity index (χ1v) is 6.18. The van der Waals surface area contributed by atoms with Crippen LogP contribution >= 0.6 is 0 Å². The molecule has 1 aromatic rings. The average molecular weight is 234 g/mol. The average Bonchev–Trinajstić information content (AvgIpc) is 2.37. The number of esters is 1. The van der Waals surface area contributed by atoms with Gasteiger partial charge in [-0.15, -0.1) is 0 Å². The summed E-state index contributed by atoms with van der Waals surface area (Å²) < 4.78 is 10.9. The molecule has 1 heterocycles. The molecule has 0 amide bonds. The molecule has 3 nitrogen and oxygen atoms in total. The summed E-state index contributed by atoms with van der Waals surface area (Å²) in [5.74, 6) is -0.433. The van der Waals surface area contributed by atoms with Crippen LogP contribution < -0.4 is 0 Å². The Bertz CT molecular complexity index is 361. The zero-order chi connectivity index (χ0) is 12.1. The van der Waals surface area contributed by atoms with E-state index in [-0.39, 0.29) is 18.2 Å². The van der Waals surface area contributed by atoms with Crippen LogP contribution in [0.25, 0.3) is 0 Å². The number of carbonyl (C=O) groups excluding carboxylic acids is 1. The van der Waals surface area contributed by atoms with Crippen LogP contribution in [0.1, 0.15) is 37.7 Å². The third-order valence-corrected chi connectivity index (χ3v) is 2.98. The molecule has 2 atom stereocenters. The van der Waals surface area contributed by atoms with Gasteiger partial charge in [-0.25, -0.2) is 0 Å². The molecule has 0 saturated carbocycles. The molecule has 3 heteroatoms. The molecule has 17 heavy (non-hydrogen) atoms. The summed E-state index contributed by atoms with van der Waals surface area (Å²) >= 11 is 0. The van der Waals surface area contributed by atoms with Gasteiger partial charge in [0.15, 0.2) is 0 Å². The second-order valence-electron chi connectivity index (χ2n) is 4.31. The molecular weight excluding hydrogens is 216 g/mol. The molecule has 92 valence electrons. The lowest BCUT2D eigenvalue weighted by molar-refractivity contribution is -0.203. The first-order chi connectivity index (χ1) is 8.31. The van der Waals surface area contributed by atoms with Gasteiger partial charge in [0.1, 0.15) is 5.92 Å². The standard InChI is InChI=1S/C14H18O3/c1-2-3-9-13-16-10-12(14(15)17-13)11-7-5-4-6-8-11/h4-8,12-13H,2-3,9-10H2,1H3. The second kappa shape index (κ2) is 5.82. The van der Waals surface area contributed by atoms with Crippen molar-refractivity contribution in [3.8, 4) is 0 Å². The molecule has 1 fully saturated rings. The molecular formula is C14H18O3. The van der Waals surface area contributed by atoms with Crippen LogP contribution in [0.5, 0.6) is 0 Å². The Hall–Kier alpha value is -1.35. The van der Waals surface area contributed by atoms with E-state index in [1.165, 1.54) is 0 Å². The van der Waals surface area contributed by atoms with E-state index < -0.39 is 0 Å². The van der Waals surface area contributed by atoms with Gasteiger partial charge >= 0.3 is 5.97 Å². The second-order valence-corrected chi connectivity index (χ2v) is 4.31. The van der Waals surface area contributed by atoms with Crippen molar-refractivity contribution in [2.75, 3.05) is 6.61 Å². The summed E-state index contributed by atoms with van der Waals surface area (Å²) in [6.45, 7) is 2.54. The smallest absolute Gasteiger partial charge is 0.318 e. The SMILES string of the molecule is CCCCC1OCC(c2ccccc2)C(=O)O1. The Morgan fingerprint density at radius 3 is 2.71 bits per heavy atom. The maximum atomic E-state index is 11.9. The van der Waals surface area contributed by atoms with E-state index in [9.17, 15) is 4.79 Å². The van der Waals surface area contributed by atoms with Gasteiger partial charge in [-0.2, -0.15) is 0 Å². The predicted octanol–water partition coefficient (Wildman–Crippen LogP) is 2.86. The predicted molar refractivity (Wildman–Crippen MR) is 64.5 cm³/mol. The summed E-state index contributed by atoms with van der Waals surface area (Å²) in [4.78, 5) is 11.9. The molecule has 1 saturated heterocycles. The molecule has 0 bridgehead atoms. The lowest BCUT2D eigenvalue weighted by atomic mass is 9.99. The van der Waals surface area contributed by atoms with Crippen molar-refractivity contribution >= 4 is 5.97 Å². The Balaban J connectivity index is 1.95. The van der Waals surface area contributed by atoms with E-state index in [2.05, 4.69) is 6.92 Å². The highest BCUT2D eigenvalue weighted by Gasteiger charge is 2.31. The Labute approximate surface area is 102 Å². The summed E-state index contributed by atoms with van der Waals surface area (Å²) in [5.41, 5.74) is 0.964. The molecule has 2 unspecified atom stereocenters. The lowest BCUT2D eigenvalue weighted by Gasteiger charge is -2.28. The number of hydrogen-bond acceptors (Lipinski definition) is 3. The van der Waals surface area contributed by atoms with Crippen LogP contribution in [-0.4, -0.2) is 18.9 Å². The number of hydrogen-bond donors (Lipinski definition) is 0. The Morgan fingerprint density at radius 2 is 2.06 bits per heavy atom. The monoisotopic (exact) mass is 234 g/mol. The summed E-state index contributed by atoms with van der Waals surface area (Å²) in [6, 6.07) is 9.64. The third kappa shape index (κ3) is 3.07. The largest absolute Gasteiger partial charge is 0.435 e. The number of ether oxygens (including phenoxy) is 2. The Kier molecular flexibility index (Phi) is 4.15. The molecule has 1 aromatic carbocycles. The molecule has 0 radical (unpaired) electrons. The summed E-state index contributed by atoms with van der Waals surface area (Å²) in [7, 11) is 0. The van der Waals surface area contributed by atoms with Crippen LogP contribution in [0.2, 0.25) is 0 Å². The summed E-state index contributed by atoms with van der Waals surface area (Å²) in [5, 5.41) is 0. The molecule has 2 rings (SSSR count). The highest BCUT2D eigenvalue weighted by molar-refractivity contribution is 5.78. The maximum absolute atomic E-state index is 11.9. The first-order valence-electron chi connectivity index (χ1n) is 6.18. The van der Waals surface area contributed by atoms with E-state index in [0.29, 0.717) is 6.61 Å². The van der Waals surface area contributed by atoms with Crippen molar-refractivity contribution in [2.24, 2.45) is 0 Å². The number of benzene rings is 1. The van der Waals surface area contributed by atoms with E-state index in [0.717, 1.165) is 24.8 Å². The lowest BCUT2D eigenvalue weighted by Crippen LogP contribution is -2.35. The van der Waals surface area contributed by atoms with Crippen molar-refractivity contribution in [1.82, 2.24) is 0 Å². The minimum atomic E-state index is -0.345. The van der Waals surface area contributed by atoms with Crippen LogP contribution in [-0.2, 0) is 14.3 Å². The fourth-order valence-corrected chi connectivity index (χ4v) is 1.95. The van der Waals surface area contributed by atoms with Gasteiger partial charge < -0.3 is 9.47 Å². The molecule has 0 aliphatic carbocycles. The van der Waals surface area contributed by atoms with Gasteiger partial charge in [0, 0.05) is 6.42 Å². The van der Waals surface area contributed by atoms with Gasteiger partial charge in [0.25, 0.3) is 0 Å². The number of rotatable bonds is 4. The zero-order valence-electron chi connectivity index (χ0n) is 10.1. The fourth-order valence-electron chi connectivity index (χ4n) is 1.95. The fraction of sp³-hybridized carbons (Fsp3) is 0.500. The molecule has 1 aliphatic heterocycles. The van der Waals surface area contributed by atoms with Crippen LogP contribution in [0.3, 0.4) is 0 Å². The molecule has 0 aromatic heterocycles. The molecule has 0 N–H and O–H groups in total. The number of cyclic esters (lactones) is 1. The van der Waals surface area contributed by atoms with Crippen molar-refractivity contribution in [3.63, 3.8) is 0 Å². The highest BCUT2D eigenvalue weighted by atomic mass is 16.7. The normalized spacial score (nSPS) is 24.4. The van der Waals surface area contributed by atoms with Crippen LogP contribution in [0.4, 0.5) is 0 Å². The Morgan fingerprint density at radius 1 is 1.29 bits per heavy atom. The topological polar surface area (TPSA) is 35.5 Å². The summed E-state index contributed by atoms with van der Waals surface area (Å²) in [6.07, 6.45) is 2.56. The van der Waals surface area contributed by atoms with Gasteiger partial charge in [-0.1, -0.05) is 43.7 Å². The van der Waals surface area contributed by atoms with Crippen molar-refractivity contribution in [3.05, 3.63) is 35.9 Å². The van der Waals surface area contributed by atoms with Crippen molar-refractivity contribution in [2.45, 2.75) is 38.4 Å². The molecule has 1 aliphatic rings. The number of carbonyl (C=O) groups is 1. The van der Waals surface area contributed by atoms with E-state index in [1.807, 2.05) is 30.3 Å². The van der Waals surface area contributed by atoms with Gasteiger partial charge in [0.05, 0.1) is 6.61 Å². The van der Waals surface area contributed by atoms with Crippen LogP contribution in [0, 0.1) is 0 Å². The quantitative estimate of drug-likeness (QED) is 0.751. The van der Waals surface area contributed by atoms with Crippen molar-refractivity contribution < 1.29 is 14.3 Å². The minimum absolute atomic E-state index is 0.163. The zero-order valence-corrected chi connectivity index (χ0v) is 10.1.